The first-order valence-electron chi connectivity index (χ1n) is 4.60. The van der Waals surface area contributed by atoms with Crippen LogP contribution in [0.4, 0.5) is 0 Å². The maximum absolute atomic E-state index is 8.65. The molecule has 0 heterocycles. The average molecular weight is 225 g/mol. The Hall–Kier alpha value is -1.24. The molecule has 15 heavy (non-hydrogen) atoms. The van der Waals surface area contributed by atoms with Gasteiger partial charge < -0.3 is 9.64 Å². The van der Waals surface area contributed by atoms with Gasteiger partial charge in [0.05, 0.1) is 16.7 Å². The highest BCUT2D eigenvalue weighted by molar-refractivity contribution is 6.32. The number of benzene rings is 1. The summed E-state index contributed by atoms with van der Waals surface area (Å²) in [5, 5.41) is 9.13. The average Bonchev–Trinajstić information content (AvgIpc) is 2.20. The number of likely N-dealkylation sites (N-methyl/N-ethyl adjacent to an activating group) is 1. The number of ether oxygens (including phenoxy) is 1. The van der Waals surface area contributed by atoms with Crippen LogP contribution in [0.5, 0.6) is 5.75 Å². The molecule has 80 valence electrons. The molecule has 0 amide bonds. The van der Waals surface area contributed by atoms with E-state index in [1.165, 1.54) is 0 Å². The van der Waals surface area contributed by atoms with Gasteiger partial charge in [-0.1, -0.05) is 11.6 Å². The molecule has 3 nitrogen and oxygen atoms in total. The molecule has 0 radical (unpaired) electrons. The van der Waals surface area contributed by atoms with Crippen molar-refractivity contribution in [2.75, 3.05) is 27.2 Å². The van der Waals surface area contributed by atoms with Crippen LogP contribution < -0.4 is 4.74 Å². The second-order valence-corrected chi connectivity index (χ2v) is 3.82. The van der Waals surface area contributed by atoms with Gasteiger partial charge in [-0.05, 0) is 32.3 Å². The molecule has 0 unspecified atom stereocenters. The molecule has 0 atom stereocenters. The van der Waals surface area contributed by atoms with Crippen molar-refractivity contribution < 1.29 is 4.74 Å². The number of rotatable bonds is 4. The first-order chi connectivity index (χ1) is 7.13. The van der Waals surface area contributed by atoms with Crippen LogP contribution >= 0.6 is 11.6 Å². The van der Waals surface area contributed by atoms with E-state index in [2.05, 4.69) is 0 Å². The second kappa shape index (κ2) is 5.59. The van der Waals surface area contributed by atoms with E-state index in [9.17, 15) is 0 Å². The fourth-order valence-electron chi connectivity index (χ4n) is 1.03. The minimum absolute atomic E-state index is 0.479. The fourth-order valence-corrected chi connectivity index (χ4v) is 1.26. The quantitative estimate of drug-likeness (QED) is 0.787. The predicted octanol–water partition coefficient (Wildman–Crippen LogP) is 2.15. The summed E-state index contributed by atoms with van der Waals surface area (Å²) in [6.07, 6.45) is 0. The maximum Gasteiger partial charge on any atom is 0.138 e. The lowest BCUT2D eigenvalue weighted by Crippen LogP contribution is -2.19. The normalized spacial score (nSPS) is 10.1. The summed E-state index contributed by atoms with van der Waals surface area (Å²) in [5.41, 5.74) is 0.542. The SMILES string of the molecule is CN(C)CCOc1ccc(C#N)cc1Cl. The summed E-state index contributed by atoms with van der Waals surface area (Å²) in [4.78, 5) is 2.03. The molecule has 0 spiro atoms. The van der Waals surface area contributed by atoms with Gasteiger partial charge >= 0.3 is 0 Å². The smallest absolute Gasteiger partial charge is 0.138 e. The van der Waals surface area contributed by atoms with E-state index in [4.69, 9.17) is 21.6 Å². The Kier molecular flexibility index (Phi) is 4.41. The van der Waals surface area contributed by atoms with Crippen molar-refractivity contribution >= 4 is 11.6 Å². The highest BCUT2D eigenvalue weighted by Crippen LogP contribution is 2.24. The highest BCUT2D eigenvalue weighted by atomic mass is 35.5. The molecule has 0 aromatic heterocycles. The summed E-state index contributed by atoms with van der Waals surface area (Å²) < 4.78 is 5.46. The van der Waals surface area contributed by atoms with E-state index in [0.29, 0.717) is 22.9 Å². The van der Waals surface area contributed by atoms with Gasteiger partial charge in [-0.25, -0.2) is 0 Å². The Morgan fingerprint density at radius 1 is 1.47 bits per heavy atom. The lowest BCUT2D eigenvalue weighted by atomic mass is 10.2. The van der Waals surface area contributed by atoms with Gasteiger partial charge in [-0.2, -0.15) is 5.26 Å². The van der Waals surface area contributed by atoms with E-state index in [-0.39, 0.29) is 0 Å². The van der Waals surface area contributed by atoms with Crippen molar-refractivity contribution in [1.29, 1.82) is 5.26 Å². The molecule has 0 aliphatic rings. The van der Waals surface area contributed by atoms with Gasteiger partial charge in [0.15, 0.2) is 0 Å². The van der Waals surface area contributed by atoms with Gasteiger partial charge in [-0.15, -0.1) is 0 Å². The third-order valence-corrected chi connectivity index (χ3v) is 2.15. The summed E-state index contributed by atoms with van der Waals surface area (Å²) >= 11 is 5.93. The van der Waals surface area contributed by atoms with Gasteiger partial charge in [0.1, 0.15) is 12.4 Å². The Morgan fingerprint density at radius 3 is 2.73 bits per heavy atom. The third kappa shape index (κ3) is 3.78. The highest BCUT2D eigenvalue weighted by Gasteiger charge is 2.02. The first-order valence-corrected chi connectivity index (χ1v) is 4.98. The van der Waals surface area contributed by atoms with E-state index in [1.807, 2.05) is 25.1 Å². The maximum atomic E-state index is 8.65. The zero-order valence-corrected chi connectivity index (χ0v) is 9.58. The predicted molar refractivity (Wildman–Crippen MR) is 60.2 cm³/mol. The third-order valence-electron chi connectivity index (χ3n) is 1.86. The van der Waals surface area contributed by atoms with Crippen molar-refractivity contribution in [2.24, 2.45) is 0 Å². The lowest BCUT2D eigenvalue weighted by Gasteiger charge is -2.11. The topological polar surface area (TPSA) is 36.3 Å². The van der Waals surface area contributed by atoms with E-state index in [1.54, 1.807) is 18.2 Å². The van der Waals surface area contributed by atoms with Crippen LogP contribution in [0.15, 0.2) is 18.2 Å². The Labute approximate surface area is 94.8 Å². The largest absolute Gasteiger partial charge is 0.491 e. The van der Waals surface area contributed by atoms with Gasteiger partial charge in [0.2, 0.25) is 0 Å². The first kappa shape index (κ1) is 11.8. The number of nitriles is 1. The molecular weight excluding hydrogens is 212 g/mol. The number of hydrogen-bond acceptors (Lipinski definition) is 3. The molecule has 0 saturated heterocycles. The summed E-state index contributed by atoms with van der Waals surface area (Å²) in [6, 6.07) is 7.03. The van der Waals surface area contributed by atoms with Crippen molar-refractivity contribution in [3.8, 4) is 11.8 Å². The molecule has 1 aromatic carbocycles. The van der Waals surface area contributed by atoms with Crippen LogP contribution in [0, 0.1) is 11.3 Å². The molecule has 0 saturated carbocycles. The molecule has 0 N–H and O–H groups in total. The molecular formula is C11H13ClN2O. The van der Waals surface area contributed by atoms with Crippen LogP contribution in [0.25, 0.3) is 0 Å². The monoisotopic (exact) mass is 224 g/mol. The number of nitrogens with zero attached hydrogens (tertiary/aromatic N) is 2. The molecule has 1 aromatic rings. The fraction of sp³-hybridized carbons (Fsp3) is 0.364. The minimum atomic E-state index is 0.479. The van der Waals surface area contributed by atoms with Gasteiger partial charge in [0, 0.05) is 6.54 Å². The van der Waals surface area contributed by atoms with Gasteiger partial charge in [0.25, 0.3) is 0 Å². The summed E-state index contributed by atoms with van der Waals surface area (Å²) in [5.74, 6) is 0.623. The zero-order chi connectivity index (χ0) is 11.3. The Balaban J connectivity index is 2.59. The summed E-state index contributed by atoms with van der Waals surface area (Å²) in [6.45, 7) is 1.41. The van der Waals surface area contributed by atoms with E-state index in [0.717, 1.165) is 6.54 Å². The lowest BCUT2D eigenvalue weighted by molar-refractivity contribution is 0.261. The second-order valence-electron chi connectivity index (χ2n) is 3.41. The van der Waals surface area contributed by atoms with Crippen LogP contribution in [0.2, 0.25) is 5.02 Å². The number of hydrogen-bond donors (Lipinski definition) is 0. The van der Waals surface area contributed by atoms with Crippen molar-refractivity contribution in [3.05, 3.63) is 28.8 Å². The van der Waals surface area contributed by atoms with E-state index >= 15 is 0 Å². The van der Waals surface area contributed by atoms with Crippen LogP contribution in [0.1, 0.15) is 5.56 Å². The van der Waals surface area contributed by atoms with Crippen molar-refractivity contribution in [1.82, 2.24) is 4.90 Å². The molecule has 0 aliphatic heterocycles. The molecule has 0 aliphatic carbocycles. The van der Waals surface area contributed by atoms with Crippen LogP contribution in [-0.4, -0.2) is 32.1 Å². The Bertz CT molecular complexity index is 371. The van der Waals surface area contributed by atoms with Crippen molar-refractivity contribution in [3.63, 3.8) is 0 Å². The van der Waals surface area contributed by atoms with E-state index < -0.39 is 0 Å². The minimum Gasteiger partial charge on any atom is -0.491 e. The molecule has 0 bridgehead atoms. The van der Waals surface area contributed by atoms with Crippen LogP contribution in [0.3, 0.4) is 0 Å². The van der Waals surface area contributed by atoms with Crippen LogP contribution in [-0.2, 0) is 0 Å². The summed E-state index contributed by atoms with van der Waals surface area (Å²) in [7, 11) is 3.95. The zero-order valence-electron chi connectivity index (χ0n) is 8.83. The molecule has 1 rings (SSSR count). The standard InChI is InChI=1S/C11H13ClN2O/c1-14(2)5-6-15-11-4-3-9(8-13)7-10(11)12/h3-4,7H,5-6H2,1-2H3. The Morgan fingerprint density at radius 2 is 2.20 bits per heavy atom. The molecule has 4 heteroatoms. The van der Waals surface area contributed by atoms with Gasteiger partial charge in [-0.3, -0.25) is 0 Å². The van der Waals surface area contributed by atoms with Crippen molar-refractivity contribution in [2.45, 2.75) is 0 Å². The number of halogens is 1. The molecule has 0 fully saturated rings.